The first kappa shape index (κ1) is 33.7. The molecular formula is C29H40F4N4O4. The molecule has 0 spiro atoms. The minimum Gasteiger partial charge on any atom is -0.494 e. The van der Waals surface area contributed by atoms with E-state index in [4.69, 9.17) is 9.47 Å². The van der Waals surface area contributed by atoms with E-state index in [0.29, 0.717) is 23.6 Å². The molecule has 0 unspecified atom stereocenters. The lowest BCUT2D eigenvalue weighted by atomic mass is 9.97. The molecule has 0 bridgehead atoms. The maximum absolute atomic E-state index is 14.6. The minimum atomic E-state index is -4.71. The number of rotatable bonds is 15. The lowest BCUT2D eigenvalue weighted by molar-refractivity contribution is -0.161. The van der Waals surface area contributed by atoms with Gasteiger partial charge in [0.2, 0.25) is 5.91 Å². The lowest BCUT2D eigenvalue weighted by Gasteiger charge is -2.31. The number of hydrogen-bond donors (Lipinski definition) is 3. The number of benzene rings is 2. The molecule has 0 radical (unpaired) electrons. The number of likely N-dealkylation sites (N-methyl/N-ethyl adjacent to an activating group) is 1. The van der Waals surface area contributed by atoms with Gasteiger partial charge in [0.05, 0.1) is 18.8 Å². The van der Waals surface area contributed by atoms with E-state index in [9.17, 15) is 27.2 Å². The van der Waals surface area contributed by atoms with Crippen LogP contribution < -0.4 is 25.4 Å². The van der Waals surface area contributed by atoms with Crippen LogP contribution in [0.1, 0.15) is 45.2 Å². The number of ether oxygens (including phenoxy) is 2. The third kappa shape index (κ3) is 11.1. The predicted octanol–water partition coefficient (Wildman–Crippen LogP) is 4.87. The maximum atomic E-state index is 14.6. The summed E-state index contributed by atoms with van der Waals surface area (Å²) in [6.07, 6.45) is -4.73. The van der Waals surface area contributed by atoms with Crippen molar-refractivity contribution in [1.29, 1.82) is 0 Å². The summed E-state index contributed by atoms with van der Waals surface area (Å²) in [6.45, 7) is 4.32. The molecule has 8 nitrogen and oxygen atoms in total. The Morgan fingerprint density at radius 1 is 1.02 bits per heavy atom. The Bertz CT molecular complexity index is 1120. The van der Waals surface area contributed by atoms with Crippen molar-refractivity contribution in [2.24, 2.45) is 0 Å². The van der Waals surface area contributed by atoms with Crippen molar-refractivity contribution >= 4 is 17.5 Å². The second kappa shape index (κ2) is 14.9. The van der Waals surface area contributed by atoms with E-state index in [1.165, 1.54) is 50.1 Å². The monoisotopic (exact) mass is 584 g/mol. The van der Waals surface area contributed by atoms with Crippen molar-refractivity contribution in [3.63, 3.8) is 0 Å². The van der Waals surface area contributed by atoms with Gasteiger partial charge >= 0.3 is 6.18 Å². The van der Waals surface area contributed by atoms with Gasteiger partial charge in [0.15, 0.2) is 6.61 Å². The molecule has 2 rings (SSSR count). The fourth-order valence-electron chi connectivity index (χ4n) is 3.95. The van der Waals surface area contributed by atoms with Crippen molar-refractivity contribution in [1.82, 2.24) is 15.5 Å². The van der Waals surface area contributed by atoms with Crippen molar-refractivity contribution in [3.05, 3.63) is 54.1 Å². The van der Waals surface area contributed by atoms with Crippen LogP contribution >= 0.6 is 0 Å². The molecule has 2 aromatic rings. The zero-order chi connectivity index (χ0) is 30.8. The molecule has 2 aromatic carbocycles. The van der Waals surface area contributed by atoms with Gasteiger partial charge in [-0.25, -0.2) is 4.39 Å². The fraction of sp³-hybridized carbons (Fsp3) is 0.517. The Hall–Kier alpha value is -3.54. The third-order valence-electron chi connectivity index (χ3n) is 6.25. The predicted molar refractivity (Wildman–Crippen MR) is 150 cm³/mol. The molecule has 0 saturated heterocycles. The van der Waals surface area contributed by atoms with E-state index in [2.05, 4.69) is 16.0 Å². The van der Waals surface area contributed by atoms with E-state index in [1.54, 1.807) is 38.4 Å². The van der Waals surface area contributed by atoms with Gasteiger partial charge < -0.3 is 25.0 Å². The average Bonchev–Trinajstić information content (AvgIpc) is 2.90. The summed E-state index contributed by atoms with van der Waals surface area (Å²) in [5, 5.41) is 8.28. The van der Waals surface area contributed by atoms with Gasteiger partial charge in [0.1, 0.15) is 23.2 Å². The van der Waals surface area contributed by atoms with Crippen LogP contribution in [0.3, 0.4) is 0 Å². The second-order valence-corrected chi connectivity index (χ2v) is 10.5. The Kier molecular flexibility index (Phi) is 12.2. The summed E-state index contributed by atoms with van der Waals surface area (Å²) in [7, 11) is 4.71. The van der Waals surface area contributed by atoms with Crippen LogP contribution in [0.5, 0.6) is 11.5 Å². The van der Waals surface area contributed by atoms with Crippen LogP contribution in [0.2, 0.25) is 0 Å². The van der Waals surface area contributed by atoms with Crippen LogP contribution in [0.4, 0.5) is 23.2 Å². The molecule has 0 aromatic heterocycles. The van der Waals surface area contributed by atoms with Gasteiger partial charge in [0, 0.05) is 39.2 Å². The summed E-state index contributed by atoms with van der Waals surface area (Å²) in [5.41, 5.74) is -1.41. The van der Waals surface area contributed by atoms with Crippen LogP contribution in [-0.2, 0) is 9.59 Å². The standard InChI is InChI=1S/C29H40F4N4O4/c1-7-20(17-34-22-14-13-21(15-24(22)40-6)41-18-25(38)37(4)5)35-27(39)23(16-28(2,3)30)36-26(29(31,32)33)19-11-9-8-10-12-19/h8-15,20,23,26,34,36H,7,16-18H2,1-6H3,(H,35,39)/t20-,23-,26-/m0/s1. The number of hydrogen-bond acceptors (Lipinski definition) is 6. The Morgan fingerprint density at radius 2 is 1.68 bits per heavy atom. The normalized spacial score (nSPS) is 14.0. The summed E-state index contributed by atoms with van der Waals surface area (Å²) in [5.74, 6) is -0.100. The maximum Gasteiger partial charge on any atom is 0.407 e. The van der Waals surface area contributed by atoms with Gasteiger partial charge in [-0.3, -0.25) is 14.9 Å². The summed E-state index contributed by atoms with van der Waals surface area (Å²) in [4.78, 5) is 26.4. The summed E-state index contributed by atoms with van der Waals surface area (Å²) < 4.78 is 67.5. The highest BCUT2D eigenvalue weighted by Gasteiger charge is 2.43. The highest BCUT2D eigenvalue weighted by Crippen LogP contribution is 2.34. The van der Waals surface area contributed by atoms with E-state index >= 15 is 0 Å². The molecule has 228 valence electrons. The van der Waals surface area contributed by atoms with Crippen LogP contribution in [-0.4, -0.2) is 75.0 Å². The molecule has 41 heavy (non-hydrogen) atoms. The molecule has 0 fully saturated rings. The molecule has 12 heteroatoms. The zero-order valence-corrected chi connectivity index (χ0v) is 24.3. The Morgan fingerprint density at radius 3 is 2.22 bits per heavy atom. The van der Waals surface area contributed by atoms with E-state index in [1.807, 2.05) is 6.92 Å². The molecule has 0 saturated carbocycles. The molecular weight excluding hydrogens is 544 g/mol. The van der Waals surface area contributed by atoms with E-state index < -0.39 is 42.3 Å². The first-order valence-electron chi connectivity index (χ1n) is 13.3. The number of amides is 2. The molecule has 0 aliphatic carbocycles. The van der Waals surface area contributed by atoms with Crippen molar-refractivity contribution in [3.8, 4) is 11.5 Å². The molecule has 0 aliphatic rings. The number of halogens is 4. The molecule has 0 aliphatic heterocycles. The topological polar surface area (TPSA) is 91.9 Å². The van der Waals surface area contributed by atoms with Crippen LogP contribution in [0.25, 0.3) is 0 Å². The van der Waals surface area contributed by atoms with Gasteiger partial charge in [0.25, 0.3) is 5.91 Å². The smallest absolute Gasteiger partial charge is 0.407 e. The average molecular weight is 585 g/mol. The molecule has 2 amide bonds. The van der Waals surface area contributed by atoms with Crippen LogP contribution in [0, 0.1) is 0 Å². The molecule has 0 heterocycles. The third-order valence-corrected chi connectivity index (χ3v) is 6.25. The number of carbonyl (C=O) groups is 2. The van der Waals surface area contributed by atoms with Crippen LogP contribution in [0.15, 0.2) is 48.5 Å². The zero-order valence-electron chi connectivity index (χ0n) is 24.3. The quantitative estimate of drug-likeness (QED) is 0.259. The molecule has 3 atom stereocenters. The lowest BCUT2D eigenvalue weighted by Crippen LogP contribution is -2.53. The number of nitrogens with zero attached hydrogens (tertiary/aromatic N) is 1. The number of anilines is 1. The second-order valence-electron chi connectivity index (χ2n) is 10.5. The van der Waals surface area contributed by atoms with Gasteiger partial charge in [-0.2, -0.15) is 13.2 Å². The number of nitrogens with one attached hydrogen (secondary N) is 3. The van der Waals surface area contributed by atoms with Crippen molar-refractivity contribution in [2.75, 3.05) is 39.7 Å². The number of alkyl halides is 4. The molecule has 3 N–H and O–H groups in total. The van der Waals surface area contributed by atoms with Gasteiger partial charge in [-0.15, -0.1) is 0 Å². The summed E-state index contributed by atoms with van der Waals surface area (Å²) in [6, 6.07) is 7.99. The fourth-order valence-corrected chi connectivity index (χ4v) is 3.95. The first-order valence-corrected chi connectivity index (χ1v) is 13.3. The highest BCUT2D eigenvalue weighted by molar-refractivity contribution is 5.82. The Labute approximate surface area is 238 Å². The minimum absolute atomic E-state index is 0.0752. The Balaban J connectivity index is 2.14. The number of methoxy groups -OCH3 is 1. The first-order chi connectivity index (χ1) is 19.1. The number of carbonyl (C=O) groups excluding carboxylic acids is 2. The van der Waals surface area contributed by atoms with E-state index in [-0.39, 0.29) is 24.6 Å². The summed E-state index contributed by atoms with van der Waals surface area (Å²) >= 11 is 0. The highest BCUT2D eigenvalue weighted by atomic mass is 19.4. The van der Waals surface area contributed by atoms with E-state index in [0.717, 1.165) is 0 Å². The van der Waals surface area contributed by atoms with Gasteiger partial charge in [-0.1, -0.05) is 37.3 Å². The SMILES string of the molecule is CC[C@@H](CNc1ccc(OCC(=O)N(C)C)cc1OC)NC(=O)[C@H](CC(C)(C)F)N[C@@H](c1ccccc1)C(F)(F)F. The van der Waals surface area contributed by atoms with Gasteiger partial charge in [-0.05, 0) is 38.0 Å². The van der Waals surface area contributed by atoms with Crippen molar-refractivity contribution in [2.45, 2.75) is 63.6 Å². The van der Waals surface area contributed by atoms with Crippen molar-refractivity contribution < 1.29 is 36.6 Å². The largest absolute Gasteiger partial charge is 0.494 e.